The molecule has 1 heterocycles. The summed E-state index contributed by atoms with van der Waals surface area (Å²) in [5, 5.41) is 7.36. The van der Waals surface area contributed by atoms with E-state index in [2.05, 4.69) is 15.6 Å². The molecule has 0 aromatic carbocycles. The van der Waals surface area contributed by atoms with Gasteiger partial charge in [-0.2, -0.15) is 0 Å². The Morgan fingerprint density at radius 2 is 2.25 bits per heavy atom. The van der Waals surface area contributed by atoms with Crippen molar-refractivity contribution >= 4 is 27.4 Å². The predicted octanol–water partition coefficient (Wildman–Crippen LogP) is 1.44. The lowest BCUT2D eigenvalue weighted by Crippen LogP contribution is -2.41. The van der Waals surface area contributed by atoms with E-state index in [9.17, 15) is 4.79 Å². The minimum absolute atomic E-state index is 0.0320. The van der Waals surface area contributed by atoms with Gasteiger partial charge in [-0.15, -0.1) is 0 Å². The van der Waals surface area contributed by atoms with Crippen LogP contribution in [0.25, 0.3) is 0 Å². The van der Waals surface area contributed by atoms with Crippen molar-refractivity contribution in [2.45, 2.75) is 32.7 Å². The second-order valence-electron chi connectivity index (χ2n) is 4.54. The molecule has 0 saturated heterocycles. The number of hydrogen-bond acceptors (Lipinski definition) is 5. The van der Waals surface area contributed by atoms with Gasteiger partial charge in [0.2, 0.25) is 5.91 Å². The average molecular weight is 242 g/mol. The first-order valence-corrected chi connectivity index (χ1v) is 5.95. The smallest absolute Gasteiger partial charge is 0.222 e. The van der Waals surface area contributed by atoms with E-state index in [4.69, 9.17) is 5.73 Å². The molecule has 0 aliphatic carbocycles. The quantitative estimate of drug-likeness (QED) is 0.746. The molecule has 4 N–H and O–H groups in total. The number of hydrogen-bond donors (Lipinski definition) is 3. The summed E-state index contributed by atoms with van der Waals surface area (Å²) in [6.45, 7) is 6.44. The number of thiazole rings is 1. The van der Waals surface area contributed by atoms with Gasteiger partial charge < -0.3 is 16.4 Å². The number of nitrogens with one attached hydrogen (secondary N) is 2. The first kappa shape index (κ1) is 12.8. The molecular weight excluding hydrogens is 224 g/mol. The van der Waals surface area contributed by atoms with Crippen LogP contribution in [0.4, 0.5) is 10.1 Å². The first-order valence-electron chi connectivity index (χ1n) is 5.13. The van der Waals surface area contributed by atoms with Crippen molar-refractivity contribution in [2.75, 3.05) is 17.6 Å². The molecule has 0 spiro atoms. The molecule has 0 bridgehead atoms. The topological polar surface area (TPSA) is 80.0 Å². The summed E-state index contributed by atoms with van der Waals surface area (Å²) >= 11 is 1.38. The maximum Gasteiger partial charge on any atom is 0.222 e. The molecule has 0 saturated carbocycles. The molecule has 1 amide bonds. The number of nitrogens with two attached hydrogens (primary N) is 1. The van der Waals surface area contributed by atoms with E-state index in [1.165, 1.54) is 11.3 Å². The molecule has 6 heteroatoms. The lowest BCUT2D eigenvalue weighted by Gasteiger charge is -2.20. The van der Waals surface area contributed by atoms with E-state index in [1.807, 2.05) is 20.8 Å². The van der Waals surface area contributed by atoms with Crippen LogP contribution < -0.4 is 16.4 Å². The second kappa shape index (κ2) is 5.16. The Balaban J connectivity index is 2.23. The fraction of sp³-hybridized carbons (Fsp3) is 0.600. The molecular formula is C10H18N4OS. The van der Waals surface area contributed by atoms with E-state index in [-0.39, 0.29) is 11.4 Å². The molecule has 0 aliphatic heterocycles. The zero-order chi connectivity index (χ0) is 12.2. The van der Waals surface area contributed by atoms with Crippen molar-refractivity contribution in [1.82, 2.24) is 10.3 Å². The summed E-state index contributed by atoms with van der Waals surface area (Å²) in [4.78, 5) is 15.5. The average Bonchev–Trinajstić information content (AvgIpc) is 2.48. The molecule has 0 fully saturated rings. The minimum Gasteiger partial charge on any atom is -0.389 e. The maximum absolute atomic E-state index is 11.5. The Morgan fingerprint density at radius 3 is 2.75 bits per heavy atom. The largest absolute Gasteiger partial charge is 0.389 e. The van der Waals surface area contributed by atoms with Crippen molar-refractivity contribution in [3.8, 4) is 0 Å². The van der Waals surface area contributed by atoms with Crippen molar-refractivity contribution in [3.05, 3.63) is 6.20 Å². The molecule has 0 aliphatic rings. The Kier molecular flexibility index (Phi) is 4.12. The summed E-state index contributed by atoms with van der Waals surface area (Å²) in [5.41, 5.74) is 5.35. The Bertz CT molecular complexity index is 356. The SMILES string of the molecule is CC(C)(C)NC(=O)CCNc1ncc(N)s1. The van der Waals surface area contributed by atoms with Gasteiger partial charge in [-0.1, -0.05) is 11.3 Å². The monoisotopic (exact) mass is 242 g/mol. The van der Waals surface area contributed by atoms with Crippen LogP contribution in [0.1, 0.15) is 27.2 Å². The number of nitrogens with zero attached hydrogens (tertiary/aromatic N) is 1. The summed E-state index contributed by atoms with van der Waals surface area (Å²) < 4.78 is 0. The summed E-state index contributed by atoms with van der Waals surface area (Å²) in [6.07, 6.45) is 2.03. The van der Waals surface area contributed by atoms with Gasteiger partial charge in [0.1, 0.15) is 5.00 Å². The Labute approximate surface area is 99.4 Å². The Hall–Kier alpha value is -1.30. The van der Waals surface area contributed by atoms with Crippen molar-refractivity contribution in [1.29, 1.82) is 0 Å². The maximum atomic E-state index is 11.5. The fourth-order valence-corrected chi connectivity index (χ4v) is 1.74. The second-order valence-corrected chi connectivity index (χ2v) is 5.60. The highest BCUT2D eigenvalue weighted by Crippen LogP contribution is 2.19. The highest BCUT2D eigenvalue weighted by atomic mass is 32.1. The molecule has 5 nitrogen and oxygen atoms in total. The molecule has 0 radical (unpaired) electrons. The van der Waals surface area contributed by atoms with Crippen LogP contribution >= 0.6 is 11.3 Å². The van der Waals surface area contributed by atoms with E-state index >= 15 is 0 Å². The van der Waals surface area contributed by atoms with Crippen LogP contribution in [0.5, 0.6) is 0 Å². The third-order valence-electron chi connectivity index (χ3n) is 1.67. The lowest BCUT2D eigenvalue weighted by atomic mass is 10.1. The van der Waals surface area contributed by atoms with Crippen LogP contribution in [-0.4, -0.2) is 23.0 Å². The first-order chi connectivity index (χ1) is 7.37. The number of anilines is 2. The van der Waals surface area contributed by atoms with Gasteiger partial charge in [-0.25, -0.2) is 4.98 Å². The molecule has 1 aromatic heterocycles. The number of nitrogen functional groups attached to an aromatic ring is 1. The van der Waals surface area contributed by atoms with Crippen LogP contribution in [0.3, 0.4) is 0 Å². The summed E-state index contributed by atoms with van der Waals surface area (Å²) in [5.74, 6) is 0.0320. The van der Waals surface area contributed by atoms with Crippen LogP contribution in [0.15, 0.2) is 6.20 Å². The van der Waals surface area contributed by atoms with Gasteiger partial charge >= 0.3 is 0 Å². The highest BCUT2D eigenvalue weighted by Gasteiger charge is 2.13. The molecule has 16 heavy (non-hydrogen) atoms. The highest BCUT2D eigenvalue weighted by molar-refractivity contribution is 7.19. The molecule has 1 rings (SSSR count). The minimum atomic E-state index is -0.178. The Morgan fingerprint density at radius 1 is 1.56 bits per heavy atom. The molecule has 1 aromatic rings. The molecule has 90 valence electrons. The molecule has 0 atom stereocenters. The number of rotatable bonds is 4. The van der Waals surface area contributed by atoms with Gasteiger partial charge in [0.25, 0.3) is 0 Å². The predicted molar refractivity (Wildman–Crippen MR) is 67.5 cm³/mol. The van der Waals surface area contributed by atoms with Gasteiger partial charge in [0, 0.05) is 18.5 Å². The van der Waals surface area contributed by atoms with Crippen LogP contribution in [0, 0.1) is 0 Å². The van der Waals surface area contributed by atoms with Crippen LogP contribution in [-0.2, 0) is 4.79 Å². The number of carbonyl (C=O) groups is 1. The summed E-state index contributed by atoms with van der Waals surface area (Å²) in [7, 11) is 0. The van der Waals surface area contributed by atoms with Gasteiger partial charge in [-0.3, -0.25) is 4.79 Å². The van der Waals surface area contributed by atoms with Crippen molar-refractivity contribution in [3.63, 3.8) is 0 Å². The van der Waals surface area contributed by atoms with Gasteiger partial charge in [0.05, 0.1) is 6.20 Å². The number of amides is 1. The van der Waals surface area contributed by atoms with Gasteiger partial charge in [-0.05, 0) is 20.8 Å². The standard InChI is InChI=1S/C10H18N4OS/c1-10(2,3)14-8(15)4-5-12-9-13-6-7(11)16-9/h6H,4-5,11H2,1-3H3,(H,12,13)(H,14,15). The third kappa shape index (κ3) is 4.97. The molecule has 0 unspecified atom stereocenters. The number of carbonyl (C=O) groups excluding carboxylic acids is 1. The zero-order valence-electron chi connectivity index (χ0n) is 9.83. The van der Waals surface area contributed by atoms with Crippen LogP contribution in [0.2, 0.25) is 0 Å². The van der Waals surface area contributed by atoms with E-state index < -0.39 is 0 Å². The fourth-order valence-electron chi connectivity index (χ4n) is 1.13. The normalized spacial score (nSPS) is 11.2. The van der Waals surface area contributed by atoms with Gasteiger partial charge in [0.15, 0.2) is 5.13 Å². The van der Waals surface area contributed by atoms with E-state index in [1.54, 1.807) is 6.20 Å². The number of aromatic nitrogens is 1. The lowest BCUT2D eigenvalue weighted by molar-refractivity contribution is -0.122. The van der Waals surface area contributed by atoms with E-state index in [0.29, 0.717) is 18.0 Å². The summed E-state index contributed by atoms with van der Waals surface area (Å²) in [6, 6.07) is 0. The van der Waals surface area contributed by atoms with Crippen molar-refractivity contribution in [2.24, 2.45) is 0 Å². The van der Waals surface area contributed by atoms with Crippen molar-refractivity contribution < 1.29 is 4.79 Å². The zero-order valence-corrected chi connectivity index (χ0v) is 10.6. The third-order valence-corrected chi connectivity index (χ3v) is 2.45. The van der Waals surface area contributed by atoms with E-state index in [0.717, 1.165) is 5.13 Å².